The van der Waals surface area contributed by atoms with Crippen LogP contribution in [-0.4, -0.2) is 39.0 Å². The van der Waals surface area contributed by atoms with E-state index in [0.717, 1.165) is 26.6 Å². The number of aromatic nitrogens is 3. The summed E-state index contributed by atoms with van der Waals surface area (Å²) in [5.74, 6) is -1.66. The molecule has 1 aromatic carbocycles. The number of anilines is 3. The molecule has 0 bridgehead atoms. The van der Waals surface area contributed by atoms with E-state index in [1.807, 2.05) is 6.07 Å². The number of rotatable bonds is 7. The molecule has 0 radical (unpaired) electrons. The van der Waals surface area contributed by atoms with Crippen molar-refractivity contribution in [3.05, 3.63) is 68.0 Å². The molecule has 12 heteroatoms. The molecule has 32 heavy (non-hydrogen) atoms. The molecule has 2 heterocycles. The van der Waals surface area contributed by atoms with E-state index in [-0.39, 0.29) is 35.2 Å². The normalized spacial score (nSPS) is 10.7. The van der Waals surface area contributed by atoms with E-state index in [1.165, 1.54) is 0 Å². The lowest BCUT2D eigenvalue weighted by atomic mass is 10.2. The Morgan fingerprint density at radius 3 is 2.50 bits per heavy atom. The van der Waals surface area contributed by atoms with E-state index in [9.17, 15) is 19.2 Å². The first-order valence-corrected chi connectivity index (χ1v) is 10.4. The summed E-state index contributed by atoms with van der Waals surface area (Å²) in [6, 6.07) is 9.03. The van der Waals surface area contributed by atoms with Crippen LogP contribution in [0, 0.1) is 6.92 Å². The Hall–Kier alpha value is -3.93. The fourth-order valence-corrected chi connectivity index (χ4v) is 3.78. The molecule has 0 saturated heterocycles. The molecule has 3 aromatic rings. The minimum atomic E-state index is -0.819. The van der Waals surface area contributed by atoms with E-state index in [0.29, 0.717) is 5.69 Å². The zero-order chi connectivity index (χ0) is 23.4. The number of aryl methyl sites for hydroxylation is 1. The third-order valence-corrected chi connectivity index (χ3v) is 5.47. The molecule has 2 aromatic heterocycles. The Balaban J connectivity index is 1.87. The number of carbonyl (C=O) groups is 2. The van der Waals surface area contributed by atoms with Gasteiger partial charge in [0.05, 0.1) is 12.2 Å². The number of nitrogens with zero attached hydrogens (tertiary/aromatic N) is 3. The van der Waals surface area contributed by atoms with Crippen molar-refractivity contribution in [2.24, 2.45) is 0 Å². The smallest absolute Gasteiger partial charge is 0.343 e. The predicted octanol–water partition coefficient (Wildman–Crippen LogP) is 0.724. The highest BCUT2D eigenvalue weighted by molar-refractivity contribution is 7.10. The molecular weight excluding hydrogens is 436 g/mol. The molecule has 168 valence electrons. The molecule has 0 saturated carbocycles. The summed E-state index contributed by atoms with van der Waals surface area (Å²) in [5.41, 5.74) is 11.4. The number of nitrogen functional groups attached to an aromatic ring is 2. The number of nitrogens with two attached hydrogens (primary N) is 2. The van der Waals surface area contributed by atoms with Crippen LogP contribution < -0.4 is 27.6 Å². The third-order valence-electron chi connectivity index (χ3n) is 4.70. The van der Waals surface area contributed by atoms with Crippen molar-refractivity contribution in [1.29, 1.82) is 0 Å². The number of hydrogen-bond donors (Lipinski definition) is 3. The number of aromatic amines is 1. The summed E-state index contributed by atoms with van der Waals surface area (Å²) in [4.78, 5) is 53.2. The number of amides is 1. The number of carbonyl (C=O) groups excluding carboxylic acids is 2. The van der Waals surface area contributed by atoms with Crippen LogP contribution >= 0.6 is 11.5 Å². The maximum atomic E-state index is 12.8. The summed E-state index contributed by atoms with van der Waals surface area (Å²) in [6.45, 7) is 2.71. The van der Waals surface area contributed by atoms with Crippen molar-refractivity contribution in [2.45, 2.75) is 20.4 Å². The summed E-state index contributed by atoms with van der Waals surface area (Å²) in [5, 5.41) is 0.181. The monoisotopic (exact) mass is 458 g/mol. The first-order valence-electron chi connectivity index (χ1n) is 9.60. The van der Waals surface area contributed by atoms with Gasteiger partial charge in [0.1, 0.15) is 16.4 Å². The summed E-state index contributed by atoms with van der Waals surface area (Å²) in [7, 11) is 0. The second-order valence-corrected chi connectivity index (χ2v) is 7.59. The van der Waals surface area contributed by atoms with E-state index in [4.69, 9.17) is 16.2 Å². The molecule has 0 aliphatic heterocycles. The Morgan fingerprint density at radius 1 is 1.22 bits per heavy atom. The van der Waals surface area contributed by atoms with Gasteiger partial charge in [0.25, 0.3) is 11.5 Å². The first-order chi connectivity index (χ1) is 15.2. The second kappa shape index (κ2) is 9.47. The third kappa shape index (κ3) is 4.54. The standard InChI is InChI=1S/C20H22N6O5S/c1-3-25(13(27)10-31-19(29)14-11(2)24-32-17(14)22)15-16(21)26(20(30)23-18(15)28)9-12-7-5-4-6-8-12/h4-8H,3,9-10,21-22H2,1-2H3,(H,23,28,30). The van der Waals surface area contributed by atoms with E-state index < -0.39 is 29.7 Å². The van der Waals surface area contributed by atoms with Gasteiger partial charge >= 0.3 is 11.7 Å². The van der Waals surface area contributed by atoms with Crippen LogP contribution in [0.1, 0.15) is 28.5 Å². The van der Waals surface area contributed by atoms with Crippen molar-refractivity contribution >= 4 is 39.9 Å². The first kappa shape index (κ1) is 22.7. The maximum Gasteiger partial charge on any atom is 0.343 e. The Bertz CT molecular complexity index is 1240. The number of esters is 1. The highest BCUT2D eigenvalue weighted by atomic mass is 32.1. The summed E-state index contributed by atoms with van der Waals surface area (Å²) < 4.78 is 10.2. The van der Waals surface area contributed by atoms with Gasteiger partial charge in [0, 0.05) is 6.54 Å². The number of hydrogen-bond acceptors (Lipinski definition) is 9. The molecule has 0 unspecified atom stereocenters. The number of H-pyrrole nitrogens is 1. The minimum Gasteiger partial charge on any atom is -0.452 e. The zero-order valence-electron chi connectivity index (χ0n) is 17.5. The van der Waals surface area contributed by atoms with Crippen LogP contribution in [-0.2, 0) is 16.1 Å². The molecule has 0 spiro atoms. The van der Waals surface area contributed by atoms with Gasteiger partial charge in [-0.15, -0.1) is 0 Å². The molecule has 3 rings (SSSR count). The molecule has 1 amide bonds. The van der Waals surface area contributed by atoms with Crippen LogP contribution in [0.2, 0.25) is 0 Å². The van der Waals surface area contributed by atoms with Gasteiger partial charge in [-0.05, 0) is 30.9 Å². The topological polar surface area (TPSA) is 166 Å². The number of benzene rings is 1. The zero-order valence-corrected chi connectivity index (χ0v) is 18.3. The SMILES string of the molecule is CCN(C(=O)COC(=O)c1c(C)nsc1N)c1c(N)n(Cc2ccccc2)c(=O)[nH]c1=O. The van der Waals surface area contributed by atoms with Crippen LogP contribution in [0.15, 0.2) is 39.9 Å². The lowest BCUT2D eigenvalue weighted by molar-refractivity contribution is -0.121. The average Bonchev–Trinajstić information content (AvgIpc) is 3.10. The molecular formula is C20H22N6O5S. The number of likely N-dealkylation sites (N-methyl/N-ethyl adjacent to an activating group) is 1. The van der Waals surface area contributed by atoms with Crippen LogP contribution in [0.25, 0.3) is 0 Å². The summed E-state index contributed by atoms with van der Waals surface area (Å²) in [6.07, 6.45) is 0. The Kier molecular flexibility index (Phi) is 6.73. The fraction of sp³-hybridized carbons (Fsp3) is 0.250. The van der Waals surface area contributed by atoms with Crippen LogP contribution in [0.5, 0.6) is 0 Å². The van der Waals surface area contributed by atoms with Crippen molar-refractivity contribution in [1.82, 2.24) is 13.9 Å². The Morgan fingerprint density at radius 2 is 1.91 bits per heavy atom. The fourth-order valence-electron chi connectivity index (χ4n) is 3.13. The van der Waals surface area contributed by atoms with Gasteiger partial charge in [-0.3, -0.25) is 19.1 Å². The number of nitrogens with one attached hydrogen (secondary N) is 1. The molecule has 5 N–H and O–H groups in total. The van der Waals surface area contributed by atoms with Crippen LogP contribution in [0.3, 0.4) is 0 Å². The quantitative estimate of drug-likeness (QED) is 0.436. The van der Waals surface area contributed by atoms with Crippen molar-refractivity contribution in [3.8, 4) is 0 Å². The number of ether oxygens (including phenoxy) is 1. The second-order valence-electron chi connectivity index (χ2n) is 6.79. The average molecular weight is 459 g/mol. The van der Waals surface area contributed by atoms with Crippen LogP contribution in [0.4, 0.5) is 16.5 Å². The van der Waals surface area contributed by atoms with Gasteiger partial charge in [0.15, 0.2) is 12.3 Å². The maximum absolute atomic E-state index is 12.8. The predicted molar refractivity (Wildman–Crippen MR) is 121 cm³/mol. The lowest BCUT2D eigenvalue weighted by Crippen LogP contribution is -2.42. The van der Waals surface area contributed by atoms with E-state index >= 15 is 0 Å². The minimum absolute atomic E-state index is 0.0500. The van der Waals surface area contributed by atoms with Gasteiger partial charge in [-0.2, -0.15) is 4.37 Å². The lowest BCUT2D eigenvalue weighted by Gasteiger charge is -2.23. The van der Waals surface area contributed by atoms with Gasteiger partial charge in [-0.25, -0.2) is 9.59 Å². The van der Waals surface area contributed by atoms with Gasteiger partial charge in [-0.1, -0.05) is 30.3 Å². The van der Waals surface area contributed by atoms with E-state index in [2.05, 4.69) is 9.36 Å². The van der Waals surface area contributed by atoms with Gasteiger partial charge in [0.2, 0.25) is 0 Å². The van der Waals surface area contributed by atoms with E-state index in [1.54, 1.807) is 38.1 Å². The molecule has 11 nitrogen and oxygen atoms in total. The highest BCUT2D eigenvalue weighted by Crippen LogP contribution is 2.22. The molecule has 0 aliphatic rings. The Labute approximate surface area is 186 Å². The highest BCUT2D eigenvalue weighted by Gasteiger charge is 2.25. The molecule has 0 fully saturated rings. The molecule has 0 aliphatic carbocycles. The van der Waals surface area contributed by atoms with Crippen molar-refractivity contribution in [3.63, 3.8) is 0 Å². The van der Waals surface area contributed by atoms with Crippen molar-refractivity contribution < 1.29 is 14.3 Å². The molecule has 0 atom stereocenters. The van der Waals surface area contributed by atoms with Crippen molar-refractivity contribution in [2.75, 3.05) is 29.5 Å². The summed E-state index contributed by atoms with van der Waals surface area (Å²) >= 11 is 0.946. The largest absolute Gasteiger partial charge is 0.452 e. The van der Waals surface area contributed by atoms with Gasteiger partial charge < -0.3 is 21.1 Å².